The van der Waals surface area contributed by atoms with E-state index in [2.05, 4.69) is 15.9 Å². The van der Waals surface area contributed by atoms with Crippen molar-refractivity contribution in [2.75, 3.05) is 0 Å². The summed E-state index contributed by atoms with van der Waals surface area (Å²) in [4.78, 5) is 12.4. The molecule has 0 radical (unpaired) electrons. The Bertz CT molecular complexity index is 606. The Kier molecular flexibility index (Phi) is 2.97. The highest BCUT2D eigenvalue weighted by Gasteiger charge is 2.68. The van der Waals surface area contributed by atoms with Crippen LogP contribution < -0.4 is 0 Å². The third-order valence-corrected chi connectivity index (χ3v) is 4.59. The van der Waals surface area contributed by atoms with Crippen LogP contribution in [-0.2, 0) is 0 Å². The van der Waals surface area contributed by atoms with Crippen molar-refractivity contribution in [3.05, 3.63) is 38.3 Å². The number of halogens is 1. The fourth-order valence-corrected chi connectivity index (χ4v) is 2.38. The summed E-state index contributed by atoms with van der Waals surface area (Å²) in [6.07, 6.45) is 0. The lowest BCUT2D eigenvalue weighted by Gasteiger charge is -2.22. The third-order valence-electron chi connectivity index (χ3n) is 4.10. The predicted octanol–water partition coefficient (Wildman–Crippen LogP) is 2.76. The van der Waals surface area contributed by atoms with Crippen LogP contribution >= 0.6 is 15.9 Å². The zero-order valence-electron chi connectivity index (χ0n) is 11.3. The third kappa shape index (κ3) is 1.77. The number of hydrogen-bond donors (Lipinski definition) is 1. The van der Waals surface area contributed by atoms with E-state index in [-0.39, 0.29) is 17.1 Å². The van der Waals surface area contributed by atoms with Crippen LogP contribution in [0.4, 0.5) is 0 Å². The fourth-order valence-electron chi connectivity index (χ4n) is 2.02. The molecule has 5 nitrogen and oxygen atoms in total. The largest absolute Gasteiger partial charge is 0.618 e. The number of rotatable bonds is 1. The summed E-state index contributed by atoms with van der Waals surface area (Å²) in [7, 11) is 0. The van der Waals surface area contributed by atoms with Gasteiger partial charge in [0.2, 0.25) is 5.54 Å². The number of phenolic OH excluding ortho intramolecular Hbond substituents is 1. The second kappa shape index (κ2) is 4.03. The van der Waals surface area contributed by atoms with Gasteiger partial charge in [-0.1, -0.05) is 15.9 Å². The van der Waals surface area contributed by atoms with Gasteiger partial charge in [-0.15, -0.1) is 4.74 Å². The van der Waals surface area contributed by atoms with Gasteiger partial charge >= 0.3 is 5.84 Å². The molecule has 1 aromatic rings. The smallest absolute Gasteiger partial charge is 0.508 e. The Hall–Kier alpha value is -1.43. The van der Waals surface area contributed by atoms with Gasteiger partial charge in [-0.05, 0) is 18.2 Å². The Balaban J connectivity index is 2.72. The Morgan fingerprint density at radius 1 is 1.21 bits per heavy atom. The Labute approximate surface area is 119 Å². The molecule has 0 fully saturated rings. The second-order valence-electron chi connectivity index (χ2n) is 5.69. The van der Waals surface area contributed by atoms with Crippen molar-refractivity contribution in [3.63, 3.8) is 0 Å². The van der Waals surface area contributed by atoms with Gasteiger partial charge in [0, 0.05) is 37.1 Å². The normalized spacial score (nSPS) is 21.0. The van der Waals surface area contributed by atoms with Crippen molar-refractivity contribution >= 4 is 21.8 Å². The van der Waals surface area contributed by atoms with Crippen LogP contribution in [0.5, 0.6) is 5.75 Å². The van der Waals surface area contributed by atoms with Crippen molar-refractivity contribution in [1.29, 1.82) is 0 Å². The molecule has 1 heterocycles. The van der Waals surface area contributed by atoms with Gasteiger partial charge in [-0.3, -0.25) is 0 Å². The first-order valence-electron chi connectivity index (χ1n) is 5.91. The highest BCUT2D eigenvalue weighted by atomic mass is 79.9. The van der Waals surface area contributed by atoms with Gasteiger partial charge < -0.3 is 10.3 Å². The van der Waals surface area contributed by atoms with Gasteiger partial charge in [0.15, 0.2) is 5.56 Å². The van der Waals surface area contributed by atoms with Crippen LogP contribution in [0.3, 0.4) is 0 Å². The second-order valence-corrected chi connectivity index (χ2v) is 6.61. The molecule has 6 heteroatoms. The summed E-state index contributed by atoms with van der Waals surface area (Å²) in [5.41, 5.74) is -1.55. The van der Waals surface area contributed by atoms with Crippen LogP contribution in [0.1, 0.15) is 33.3 Å². The van der Waals surface area contributed by atoms with Gasteiger partial charge in [-0.25, -0.2) is 0 Å². The van der Waals surface area contributed by atoms with Gasteiger partial charge in [0.05, 0.1) is 0 Å². The highest BCUT2D eigenvalue weighted by molar-refractivity contribution is 9.10. The van der Waals surface area contributed by atoms with Crippen molar-refractivity contribution in [2.45, 2.75) is 38.8 Å². The van der Waals surface area contributed by atoms with Crippen LogP contribution in [-0.4, -0.2) is 31.5 Å². The topological polar surface area (TPSA) is 66.4 Å². The molecule has 0 aromatic heterocycles. The molecule has 19 heavy (non-hydrogen) atoms. The minimum atomic E-state index is -0.890. The molecule has 0 saturated heterocycles. The van der Waals surface area contributed by atoms with E-state index >= 15 is 0 Å². The quantitative estimate of drug-likeness (QED) is 0.637. The highest BCUT2D eigenvalue weighted by Crippen LogP contribution is 2.37. The number of hydroxylamine groups is 1. The van der Waals surface area contributed by atoms with Crippen molar-refractivity contribution in [2.24, 2.45) is 0 Å². The Morgan fingerprint density at radius 2 is 1.79 bits per heavy atom. The summed E-state index contributed by atoms with van der Waals surface area (Å²) in [5.74, 6) is -0.151. The number of phenols is 1. The molecule has 0 bridgehead atoms. The lowest BCUT2D eigenvalue weighted by molar-refractivity contribution is -0.555. The summed E-state index contributed by atoms with van der Waals surface area (Å²) in [6, 6.07) is 4.67. The monoisotopic (exact) mass is 327 g/mol. The first-order valence-corrected chi connectivity index (χ1v) is 6.70. The minimum Gasteiger partial charge on any atom is -0.618 e. The fraction of sp³-hybridized carbons (Fsp3) is 0.462. The van der Waals surface area contributed by atoms with E-state index in [1.54, 1.807) is 39.8 Å². The van der Waals surface area contributed by atoms with Crippen LogP contribution in [0.15, 0.2) is 22.7 Å². The molecule has 102 valence electrons. The molecule has 1 aromatic carbocycles. The summed E-state index contributed by atoms with van der Waals surface area (Å²) in [6.45, 7) is 6.86. The van der Waals surface area contributed by atoms with E-state index in [0.29, 0.717) is 14.0 Å². The lowest BCUT2D eigenvalue weighted by atomic mass is 9.84. The van der Waals surface area contributed by atoms with Crippen LogP contribution in [0.2, 0.25) is 0 Å². The molecule has 0 saturated carbocycles. The van der Waals surface area contributed by atoms with Gasteiger partial charge in [-0.2, -0.15) is 0 Å². The van der Waals surface area contributed by atoms with Crippen molar-refractivity contribution in [1.82, 2.24) is 0 Å². The molecule has 1 N–H and O–H groups in total. The summed E-state index contributed by atoms with van der Waals surface area (Å²) in [5, 5.41) is 22.3. The molecular weight excluding hydrogens is 312 g/mol. The zero-order valence-corrected chi connectivity index (χ0v) is 12.9. The van der Waals surface area contributed by atoms with Gasteiger partial charge in [0.25, 0.3) is 5.54 Å². The molecule has 1 aliphatic heterocycles. The maximum atomic E-state index is 12.4. The van der Waals surface area contributed by atoms with E-state index < -0.39 is 11.1 Å². The summed E-state index contributed by atoms with van der Waals surface area (Å²) >= 11 is 3.27. The molecular formula is C13H16BrN2O3+. The van der Waals surface area contributed by atoms with E-state index in [0.717, 1.165) is 0 Å². The maximum absolute atomic E-state index is 12.4. The van der Waals surface area contributed by atoms with Crippen LogP contribution in [0, 0.1) is 10.1 Å². The average Bonchev–Trinajstić information content (AvgIpc) is 2.43. The first kappa shape index (κ1) is 14.0. The van der Waals surface area contributed by atoms with E-state index in [4.69, 9.17) is 0 Å². The zero-order chi connectivity index (χ0) is 14.6. The number of hydrogen-bond acceptors (Lipinski definition) is 3. The number of nitroso groups, excluding NO2 is 1. The molecule has 0 unspecified atom stereocenters. The standard InChI is InChI=1S/C13H15BrN2O3/c1-12(2)13(3,4)16(19)11(15(12)18)9-7-8(14)5-6-10(9)17/h5-7H,1-4H3/p+1. The minimum absolute atomic E-state index is 0.0613. The molecule has 0 amide bonds. The predicted molar refractivity (Wildman–Crippen MR) is 75.3 cm³/mol. The van der Waals surface area contributed by atoms with E-state index in [9.17, 15) is 15.2 Å². The van der Waals surface area contributed by atoms with E-state index in [1.165, 1.54) is 6.07 Å². The first-order chi connectivity index (χ1) is 8.60. The number of amidine groups is 1. The molecule has 1 aliphatic rings. The molecule has 2 rings (SSSR count). The number of nitrogens with zero attached hydrogens (tertiary/aromatic N) is 2. The number of aromatic hydroxyl groups is 1. The van der Waals surface area contributed by atoms with Crippen molar-refractivity contribution in [3.8, 4) is 5.75 Å². The number of benzene rings is 1. The maximum Gasteiger partial charge on any atom is 0.508 e. The van der Waals surface area contributed by atoms with Crippen molar-refractivity contribution < 1.29 is 14.6 Å². The van der Waals surface area contributed by atoms with E-state index in [1.807, 2.05) is 0 Å². The average molecular weight is 328 g/mol. The Morgan fingerprint density at radius 3 is 2.26 bits per heavy atom. The van der Waals surface area contributed by atoms with Crippen LogP contribution in [0.25, 0.3) is 0 Å². The molecule has 0 aliphatic carbocycles. The van der Waals surface area contributed by atoms with Gasteiger partial charge in [0.1, 0.15) is 10.5 Å². The molecule has 0 spiro atoms. The SMILES string of the molecule is CC1(C)[N+](=O)C(c2cc(Br)ccc2O)=[N+]([O-])C1(C)C. The molecule has 0 atom stereocenters. The lowest BCUT2D eigenvalue weighted by Crippen LogP contribution is -2.50. The summed E-state index contributed by atoms with van der Waals surface area (Å²) < 4.78 is 2.06.